The zero-order valence-electron chi connectivity index (χ0n) is 13.6. The van der Waals surface area contributed by atoms with Crippen molar-refractivity contribution in [1.82, 2.24) is 14.0 Å². The Balaban J connectivity index is 1.75. The van der Waals surface area contributed by atoms with E-state index in [0.29, 0.717) is 5.52 Å². The van der Waals surface area contributed by atoms with Gasteiger partial charge in [-0.1, -0.05) is 54.6 Å². The van der Waals surface area contributed by atoms with E-state index in [2.05, 4.69) is 9.71 Å². The zero-order valence-corrected chi connectivity index (χ0v) is 14.4. The van der Waals surface area contributed by atoms with E-state index in [9.17, 15) is 13.2 Å². The van der Waals surface area contributed by atoms with Gasteiger partial charge in [-0.25, -0.2) is 9.71 Å². The second-order valence-electron chi connectivity index (χ2n) is 5.57. The number of nitrogens with one attached hydrogen (secondary N) is 1. The van der Waals surface area contributed by atoms with Gasteiger partial charge in [0.15, 0.2) is 0 Å². The first kappa shape index (κ1) is 17.1. The number of carbonyl (C=O) groups is 1. The van der Waals surface area contributed by atoms with Gasteiger partial charge < -0.3 is 0 Å². The maximum atomic E-state index is 12.3. The molecule has 0 bridgehead atoms. The lowest BCUT2D eigenvalue weighted by molar-refractivity contribution is 0.0975. The first-order valence-electron chi connectivity index (χ1n) is 7.64. The van der Waals surface area contributed by atoms with Crippen LogP contribution in [0.25, 0.3) is 10.9 Å². The van der Waals surface area contributed by atoms with E-state index < -0.39 is 16.1 Å². The minimum absolute atomic E-state index is 0.0513. The molecular weight excluding hydrogens is 338 g/mol. The number of rotatable bonds is 5. The van der Waals surface area contributed by atoms with Gasteiger partial charge in [0, 0.05) is 19.0 Å². The molecular formula is C18H17N3O3S. The maximum Gasteiger partial charge on any atom is 0.304 e. The highest BCUT2D eigenvalue weighted by atomic mass is 32.2. The molecule has 0 aliphatic heterocycles. The summed E-state index contributed by atoms with van der Waals surface area (Å²) >= 11 is 0. The highest BCUT2D eigenvalue weighted by Gasteiger charge is 2.22. The molecule has 0 spiro atoms. The van der Waals surface area contributed by atoms with Crippen molar-refractivity contribution in [2.24, 2.45) is 0 Å². The van der Waals surface area contributed by atoms with Crippen LogP contribution >= 0.6 is 0 Å². The predicted molar refractivity (Wildman–Crippen MR) is 96.0 cm³/mol. The summed E-state index contributed by atoms with van der Waals surface area (Å²) in [5.74, 6) is -0.759. The lowest BCUT2D eigenvalue weighted by Gasteiger charge is -2.17. The van der Waals surface area contributed by atoms with Crippen LogP contribution in [0, 0.1) is 0 Å². The largest absolute Gasteiger partial charge is 0.304 e. The summed E-state index contributed by atoms with van der Waals surface area (Å²) in [4.78, 5) is 16.5. The third kappa shape index (κ3) is 4.01. The monoisotopic (exact) mass is 355 g/mol. The number of amides is 1. The van der Waals surface area contributed by atoms with Crippen LogP contribution in [0.1, 0.15) is 16.1 Å². The van der Waals surface area contributed by atoms with Crippen LogP contribution in [0.2, 0.25) is 0 Å². The number of benzene rings is 2. The van der Waals surface area contributed by atoms with Crippen LogP contribution in [-0.4, -0.2) is 30.7 Å². The molecule has 0 radical (unpaired) electrons. The van der Waals surface area contributed by atoms with Crippen molar-refractivity contribution < 1.29 is 13.2 Å². The number of aromatic nitrogens is 1. The first-order chi connectivity index (χ1) is 12.0. The molecule has 0 fully saturated rings. The van der Waals surface area contributed by atoms with Crippen molar-refractivity contribution in [3.63, 3.8) is 0 Å². The van der Waals surface area contributed by atoms with E-state index in [1.165, 1.54) is 13.1 Å². The molecule has 3 rings (SSSR count). The van der Waals surface area contributed by atoms with Gasteiger partial charge in [-0.2, -0.15) is 12.7 Å². The van der Waals surface area contributed by atoms with E-state index in [4.69, 9.17) is 0 Å². The maximum absolute atomic E-state index is 12.3. The highest BCUT2D eigenvalue weighted by Crippen LogP contribution is 2.12. The Morgan fingerprint density at radius 2 is 1.68 bits per heavy atom. The fourth-order valence-electron chi connectivity index (χ4n) is 2.37. The molecule has 1 aromatic heterocycles. The third-order valence-electron chi connectivity index (χ3n) is 3.71. The SMILES string of the molecule is CN(Cc1ccccc1)S(=O)(=O)NC(=O)c1ccc2ccccc2n1. The first-order valence-corrected chi connectivity index (χ1v) is 9.08. The van der Waals surface area contributed by atoms with Gasteiger partial charge in [-0.3, -0.25) is 4.79 Å². The van der Waals surface area contributed by atoms with Crippen molar-refractivity contribution in [3.8, 4) is 0 Å². The normalized spacial score (nSPS) is 11.6. The topological polar surface area (TPSA) is 79.4 Å². The molecule has 7 heteroatoms. The zero-order chi connectivity index (χ0) is 17.9. The molecule has 128 valence electrons. The second kappa shape index (κ2) is 7.00. The van der Waals surface area contributed by atoms with Crippen LogP contribution < -0.4 is 4.72 Å². The number of para-hydroxylation sites is 1. The predicted octanol–water partition coefficient (Wildman–Crippen LogP) is 2.34. The Hall–Kier alpha value is -2.77. The number of pyridine rings is 1. The molecule has 3 aromatic rings. The van der Waals surface area contributed by atoms with Crippen molar-refractivity contribution in [2.75, 3.05) is 7.05 Å². The molecule has 0 aliphatic rings. The van der Waals surface area contributed by atoms with E-state index in [1.807, 2.05) is 42.5 Å². The summed E-state index contributed by atoms with van der Waals surface area (Å²) in [5.41, 5.74) is 1.51. The molecule has 0 atom stereocenters. The summed E-state index contributed by atoms with van der Waals surface area (Å²) < 4.78 is 27.8. The average Bonchev–Trinajstić information content (AvgIpc) is 2.61. The summed E-state index contributed by atoms with van der Waals surface area (Å²) in [5, 5.41) is 0.878. The van der Waals surface area contributed by atoms with Gasteiger partial charge in [-0.15, -0.1) is 0 Å². The summed E-state index contributed by atoms with van der Waals surface area (Å²) in [6.07, 6.45) is 0. The molecule has 0 saturated carbocycles. The summed E-state index contributed by atoms with van der Waals surface area (Å²) in [6, 6.07) is 19.7. The molecule has 25 heavy (non-hydrogen) atoms. The molecule has 6 nitrogen and oxygen atoms in total. The Morgan fingerprint density at radius 1 is 1.00 bits per heavy atom. The quantitative estimate of drug-likeness (QED) is 0.762. The Labute approximate surface area is 146 Å². The van der Waals surface area contributed by atoms with Crippen LogP contribution in [0.5, 0.6) is 0 Å². The van der Waals surface area contributed by atoms with Gasteiger partial charge in [0.2, 0.25) is 0 Å². The van der Waals surface area contributed by atoms with Crippen LogP contribution in [0.15, 0.2) is 66.7 Å². The number of nitrogens with zero attached hydrogens (tertiary/aromatic N) is 2. The number of hydrogen-bond donors (Lipinski definition) is 1. The molecule has 1 N–H and O–H groups in total. The van der Waals surface area contributed by atoms with E-state index >= 15 is 0 Å². The molecule has 1 amide bonds. The number of carbonyl (C=O) groups excluding carboxylic acids is 1. The fourth-order valence-corrected chi connectivity index (χ4v) is 3.18. The van der Waals surface area contributed by atoms with Crippen molar-refractivity contribution >= 4 is 27.0 Å². The molecule has 0 saturated heterocycles. The van der Waals surface area contributed by atoms with Crippen molar-refractivity contribution in [2.45, 2.75) is 6.54 Å². The summed E-state index contributed by atoms with van der Waals surface area (Å²) in [6.45, 7) is 0.161. The minimum atomic E-state index is -3.97. The van der Waals surface area contributed by atoms with Gasteiger partial charge >= 0.3 is 10.2 Å². The van der Waals surface area contributed by atoms with Crippen LogP contribution in [-0.2, 0) is 16.8 Å². The summed E-state index contributed by atoms with van der Waals surface area (Å²) in [7, 11) is -2.55. The van der Waals surface area contributed by atoms with Gasteiger partial charge in [-0.05, 0) is 17.7 Å². The second-order valence-corrected chi connectivity index (χ2v) is 7.34. The molecule has 0 aliphatic carbocycles. The Bertz CT molecular complexity index is 1000. The lowest BCUT2D eigenvalue weighted by Crippen LogP contribution is -2.41. The van der Waals surface area contributed by atoms with Crippen molar-refractivity contribution in [3.05, 3.63) is 78.0 Å². The third-order valence-corrected chi connectivity index (χ3v) is 5.10. The standard InChI is InChI=1S/C18H17N3O3S/c1-21(13-14-7-3-2-4-8-14)25(23,24)20-18(22)17-12-11-15-9-5-6-10-16(15)19-17/h2-12H,13H2,1H3,(H,20,22). The van der Waals surface area contributed by atoms with E-state index in [0.717, 1.165) is 15.3 Å². The molecule has 1 heterocycles. The van der Waals surface area contributed by atoms with Gasteiger partial charge in [0.05, 0.1) is 5.52 Å². The number of fused-ring (bicyclic) bond motifs is 1. The smallest absolute Gasteiger partial charge is 0.266 e. The van der Waals surface area contributed by atoms with Gasteiger partial charge in [0.1, 0.15) is 5.69 Å². The highest BCUT2D eigenvalue weighted by molar-refractivity contribution is 7.87. The average molecular weight is 355 g/mol. The van der Waals surface area contributed by atoms with Crippen LogP contribution in [0.4, 0.5) is 0 Å². The molecule has 0 unspecified atom stereocenters. The van der Waals surface area contributed by atoms with E-state index in [1.54, 1.807) is 18.2 Å². The number of hydrogen-bond acceptors (Lipinski definition) is 4. The minimum Gasteiger partial charge on any atom is -0.266 e. The van der Waals surface area contributed by atoms with E-state index in [-0.39, 0.29) is 12.2 Å². The van der Waals surface area contributed by atoms with Gasteiger partial charge in [0.25, 0.3) is 5.91 Å². The van der Waals surface area contributed by atoms with Crippen molar-refractivity contribution in [1.29, 1.82) is 0 Å². The fraction of sp³-hybridized carbons (Fsp3) is 0.111. The van der Waals surface area contributed by atoms with Crippen LogP contribution in [0.3, 0.4) is 0 Å². The Morgan fingerprint density at radius 3 is 2.44 bits per heavy atom. The Kier molecular flexibility index (Phi) is 4.78. The molecule has 2 aromatic carbocycles. The lowest BCUT2D eigenvalue weighted by atomic mass is 10.2.